The van der Waals surface area contributed by atoms with E-state index in [1.807, 2.05) is 24.3 Å². The largest absolute Gasteiger partial charge is 0.490 e. The summed E-state index contributed by atoms with van der Waals surface area (Å²) in [6.07, 6.45) is 7.60. The quantitative estimate of drug-likeness (QED) is 0.515. The van der Waals surface area contributed by atoms with Gasteiger partial charge in [-0.1, -0.05) is 24.8 Å². The second-order valence-electron chi connectivity index (χ2n) is 6.64. The summed E-state index contributed by atoms with van der Waals surface area (Å²) in [5.74, 6) is 1.04. The number of aromatic nitrogens is 2. The number of fused-ring (bicyclic) bond motifs is 3. The molecular formula is C22H19N3O2S. The van der Waals surface area contributed by atoms with Crippen LogP contribution < -0.4 is 10.3 Å². The van der Waals surface area contributed by atoms with Crippen LogP contribution in [0.15, 0.2) is 41.7 Å². The summed E-state index contributed by atoms with van der Waals surface area (Å²) in [6, 6.07) is 9.53. The number of aromatic amines is 1. The molecule has 0 aliphatic heterocycles. The first kappa shape index (κ1) is 18.2. The Kier molecular flexibility index (Phi) is 5.09. The minimum atomic E-state index is -0.159. The van der Waals surface area contributed by atoms with Crippen molar-refractivity contribution in [2.24, 2.45) is 0 Å². The number of hydrogen-bond acceptors (Lipinski definition) is 5. The number of nitrogens with one attached hydrogen (secondary N) is 1. The molecule has 5 nitrogen and oxygen atoms in total. The monoisotopic (exact) mass is 389 g/mol. The molecule has 1 aliphatic rings. The van der Waals surface area contributed by atoms with Gasteiger partial charge >= 0.3 is 0 Å². The third-order valence-corrected chi connectivity index (χ3v) is 5.95. The average Bonchev–Trinajstić information content (AvgIpc) is 3.10. The van der Waals surface area contributed by atoms with Crippen LogP contribution in [-0.4, -0.2) is 16.6 Å². The van der Waals surface area contributed by atoms with Crippen LogP contribution in [0, 0.1) is 11.3 Å². The van der Waals surface area contributed by atoms with Crippen molar-refractivity contribution in [3.63, 3.8) is 0 Å². The summed E-state index contributed by atoms with van der Waals surface area (Å²) in [5, 5.41) is 10.3. The molecule has 2 aromatic heterocycles. The smallest absolute Gasteiger partial charge is 0.260 e. The first-order chi connectivity index (χ1) is 13.7. The maximum atomic E-state index is 12.7. The predicted octanol–water partition coefficient (Wildman–Crippen LogP) is 4.49. The number of thiophene rings is 1. The number of ether oxygens (including phenoxy) is 1. The van der Waals surface area contributed by atoms with Gasteiger partial charge in [-0.05, 0) is 55.0 Å². The van der Waals surface area contributed by atoms with E-state index in [9.17, 15) is 10.1 Å². The van der Waals surface area contributed by atoms with Crippen LogP contribution in [0.3, 0.4) is 0 Å². The van der Waals surface area contributed by atoms with Crippen molar-refractivity contribution < 1.29 is 4.74 Å². The summed E-state index contributed by atoms with van der Waals surface area (Å²) >= 11 is 1.58. The Hall–Kier alpha value is -3.17. The van der Waals surface area contributed by atoms with Gasteiger partial charge in [0.1, 0.15) is 23.3 Å². The van der Waals surface area contributed by atoms with E-state index in [0.29, 0.717) is 23.4 Å². The van der Waals surface area contributed by atoms with Crippen molar-refractivity contribution in [2.75, 3.05) is 6.61 Å². The van der Waals surface area contributed by atoms with E-state index in [2.05, 4.69) is 22.6 Å². The summed E-state index contributed by atoms with van der Waals surface area (Å²) in [4.78, 5) is 22.1. The second-order valence-corrected chi connectivity index (χ2v) is 7.73. The Labute approximate surface area is 166 Å². The fraction of sp³-hybridized carbons (Fsp3) is 0.227. The maximum absolute atomic E-state index is 12.7. The number of hydrogen-bond donors (Lipinski definition) is 1. The Bertz CT molecular complexity index is 1160. The average molecular weight is 389 g/mol. The lowest BCUT2D eigenvalue weighted by molar-refractivity contribution is 0.363. The molecule has 0 saturated heterocycles. The van der Waals surface area contributed by atoms with Crippen molar-refractivity contribution in [1.82, 2.24) is 9.97 Å². The van der Waals surface area contributed by atoms with Crippen molar-refractivity contribution in [3.8, 4) is 11.8 Å². The van der Waals surface area contributed by atoms with Gasteiger partial charge in [-0.15, -0.1) is 11.3 Å². The zero-order chi connectivity index (χ0) is 19.5. The number of nitriles is 1. The lowest BCUT2D eigenvalue weighted by Crippen LogP contribution is -2.12. The first-order valence-electron chi connectivity index (χ1n) is 9.20. The van der Waals surface area contributed by atoms with Crippen molar-refractivity contribution >= 4 is 33.2 Å². The Morgan fingerprint density at radius 2 is 2.11 bits per heavy atom. The van der Waals surface area contributed by atoms with Crippen LogP contribution >= 0.6 is 11.3 Å². The Balaban J connectivity index is 1.71. The minimum Gasteiger partial charge on any atom is -0.490 e. The lowest BCUT2D eigenvalue weighted by Gasteiger charge is -2.09. The van der Waals surface area contributed by atoms with E-state index in [1.54, 1.807) is 23.5 Å². The normalized spacial score (nSPS) is 13.8. The zero-order valence-electron chi connectivity index (χ0n) is 15.3. The van der Waals surface area contributed by atoms with Crippen LogP contribution in [0.2, 0.25) is 0 Å². The molecule has 0 unspecified atom stereocenters. The van der Waals surface area contributed by atoms with Crippen LogP contribution in [-0.2, 0) is 12.8 Å². The third-order valence-electron chi connectivity index (χ3n) is 4.76. The number of rotatable bonds is 5. The van der Waals surface area contributed by atoms with Gasteiger partial charge in [-0.3, -0.25) is 4.79 Å². The highest BCUT2D eigenvalue weighted by Gasteiger charge is 2.20. The SMILES string of the molecule is C=CCOc1ccc(C=C(C#N)c2nc3sc4c(c3c(=O)[nH]2)CCCC4)cc1. The predicted molar refractivity (Wildman–Crippen MR) is 113 cm³/mol. The molecule has 0 amide bonds. The van der Waals surface area contributed by atoms with Gasteiger partial charge < -0.3 is 9.72 Å². The molecular weight excluding hydrogens is 370 g/mol. The molecule has 3 aromatic rings. The molecule has 140 valence electrons. The number of aryl methyl sites for hydroxylation is 2. The van der Waals surface area contributed by atoms with Crippen LogP contribution in [0.4, 0.5) is 0 Å². The number of benzene rings is 1. The van der Waals surface area contributed by atoms with Gasteiger partial charge in [0.25, 0.3) is 5.56 Å². The Morgan fingerprint density at radius 3 is 2.86 bits per heavy atom. The standard InChI is InChI=1S/C22H19N3O2S/c1-2-11-27-16-9-7-14(8-10-16)12-15(13-23)20-24-21(26)19-17-5-3-4-6-18(17)28-22(19)25-20/h2,7-10,12H,1,3-6,11H2,(H,24,25,26). The van der Waals surface area contributed by atoms with Crippen molar-refractivity contribution in [2.45, 2.75) is 25.7 Å². The highest BCUT2D eigenvalue weighted by Crippen LogP contribution is 2.34. The van der Waals surface area contributed by atoms with Gasteiger partial charge in [-0.25, -0.2) is 4.98 Å². The Morgan fingerprint density at radius 1 is 1.32 bits per heavy atom. The van der Waals surface area contributed by atoms with E-state index < -0.39 is 0 Å². The summed E-state index contributed by atoms with van der Waals surface area (Å²) in [5.41, 5.74) is 2.14. The van der Waals surface area contributed by atoms with E-state index in [4.69, 9.17) is 4.74 Å². The fourth-order valence-corrected chi connectivity index (χ4v) is 4.69. The van der Waals surface area contributed by atoms with Gasteiger partial charge in [0.15, 0.2) is 5.82 Å². The van der Waals surface area contributed by atoms with Gasteiger partial charge in [0.05, 0.1) is 11.0 Å². The molecule has 6 heteroatoms. The number of H-pyrrole nitrogens is 1. The zero-order valence-corrected chi connectivity index (χ0v) is 16.1. The molecule has 0 saturated carbocycles. The molecule has 1 aromatic carbocycles. The summed E-state index contributed by atoms with van der Waals surface area (Å²) < 4.78 is 5.47. The van der Waals surface area contributed by atoms with Gasteiger partial charge in [0.2, 0.25) is 0 Å². The third kappa shape index (κ3) is 3.49. The van der Waals surface area contributed by atoms with Crippen LogP contribution in [0.5, 0.6) is 5.75 Å². The summed E-state index contributed by atoms with van der Waals surface area (Å²) in [7, 11) is 0. The minimum absolute atomic E-state index is 0.159. The maximum Gasteiger partial charge on any atom is 0.260 e. The topological polar surface area (TPSA) is 78.8 Å². The molecule has 1 aliphatic carbocycles. The van der Waals surface area contributed by atoms with E-state index in [1.165, 1.54) is 4.88 Å². The van der Waals surface area contributed by atoms with E-state index in [0.717, 1.165) is 47.4 Å². The molecule has 0 bridgehead atoms. The van der Waals surface area contributed by atoms with Crippen LogP contribution in [0.1, 0.15) is 34.7 Å². The van der Waals surface area contributed by atoms with E-state index >= 15 is 0 Å². The number of nitrogens with zero attached hydrogens (tertiary/aromatic N) is 2. The second kappa shape index (κ2) is 7.83. The molecule has 2 heterocycles. The van der Waals surface area contributed by atoms with Crippen molar-refractivity contribution in [3.05, 3.63) is 69.1 Å². The van der Waals surface area contributed by atoms with Crippen LogP contribution in [0.25, 0.3) is 21.9 Å². The molecule has 1 N–H and O–H groups in total. The molecule has 0 fully saturated rings. The van der Waals surface area contributed by atoms with Gasteiger partial charge in [0, 0.05) is 4.88 Å². The lowest BCUT2D eigenvalue weighted by atomic mass is 9.97. The highest BCUT2D eigenvalue weighted by atomic mass is 32.1. The first-order valence-corrected chi connectivity index (χ1v) is 10.0. The molecule has 0 spiro atoms. The molecule has 0 atom stereocenters. The molecule has 0 radical (unpaired) electrons. The van der Waals surface area contributed by atoms with Crippen molar-refractivity contribution in [1.29, 1.82) is 5.26 Å². The summed E-state index contributed by atoms with van der Waals surface area (Å²) in [6.45, 7) is 4.06. The van der Waals surface area contributed by atoms with E-state index in [-0.39, 0.29) is 5.56 Å². The fourth-order valence-electron chi connectivity index (χ4n) is 3.43. The number of allylic oxidation sites excluding steroid dienone is 1. The molecule has 4 rings (SSSR count). The highest BCUT2D eigenvalue weighted by molar-refractivity contribution is 7.18. The molecule has 28 heavy (non-hydrogen) atoms. The van der Waals surface area contributed by atoms with Gasteiger partial charge in [-0.2, -0.15) is 5.26 Å².